The first-order valence-corrected chi connectivity index (χ1v) is 5.42. The van der Waals surface area contributed by atoms with Crippen molar-refractivity contribution in [3.63, 3.8) is 0 Å². The highest BCUT2D eigenvalue weighted by atomic mass is 16.6. The molecule has 1 aromatic rings. The minimum Gasteiger partial charge on any atom is -0.393 e. The molecule has 0 radical (unpaired) electrons. The summed E-state index contributed by atoms with van der Waals surface area (Å²) in [5, 5.41) is 7.95. The number of ether oxygens (including phenoxy) is 1. The van der Waals surface area contributed by atoms with Crippen molar-refractivity contribution in [1.29, 1.82) is 5.41 Å². The molecule has 1 aromatic carbocycles. The molecule has 1 rings (SSSR count). The lowest BCUT2D eigenvalue weighted by molar-refractivity contribution is -0.159. The molecule has 0 saturated heterocycles. The van der Waals surface area contributed by atoms with Gasteiger partial charge >= 0.3 is 11.9 Å². The molecule has 4 heteroatoms. The van der Waals surface area contributed by atoms with Crippen molar-refractivity contribution >= 4 is 17.7 Å². The molecule has 1 N–H and O–H groups in total. The highest BCUT2D eigenvalue weighted by Gasteiger charge is 2.25. The SMILES string of the molecule is CCC(C(=N)c1ccccc1)C(=O)OC(C)=O. The van der Waals surface area contributed by atoms with Gasteiger partial charge in [-0.2, -0.15) is 0 Å². The van der Waals surface area contributed by atoms with E-state index in [1.54, 1.807) is 31.2 Å². The van der Waals surface area contributed by atoms with Gasteiger partial charge in [0.2, 0.25) is 0 Å². The Bertz CT molecular complexity index is 426. The van der Waals surface area contributed by atoms with Gasteiger partial charge in [-0.25, -0.2) is 0 Å². The summed E-state index contributed by atoms with van der Waals surface area (Å²) in [6.07, 6.45) is 0.430. The van der Waals surface area contributed by atoms with E-state index in [4.69, 9.17) is 5.41 Å². The number of carbonyl (C=O) groups excluding carboxylic acids is 2. The lowest BCUT2D eigenvalue weighted by Crippen LogP contribution is -2.27. The smallest absolute Gasteiger partial charge is 0.322 e. The van der Waals surface area contributed by atoms with Gasteiger partial charge in [-0.1, -0.05) is 37.3 Å². The van der Waals surface area contributed by atoms with Gasteiger partial charge in [0.15, 0.2) is 0 Å². The largest absolute Gasteiger partial charge is 0.393 e. The average molecular weight is 233 g/mol. The Morgan fingerprint density at radius 2 is 1.88 bits per heavy atom. The van der Waals surface area contributed by atoms with Gasteiger partial charge < -0.3 is 10.1 Å². The van der Waals surface area contributed by atoms with E-state index >= 15 is 0 Å². The normalized spacial score (nSPS) is 11.6. The van der Waals surface area contributed by atoms with Crippen LogP contribution in [0.2, 0.25) is 0 Å². The van der Waals surface area contributed by atoms with Crippen LogP contribution in [-0.2, 0) is 14.3 Å². The molecule has 90 valence electrons. The number of carbonyl (C=O) groups is 2. The molecule has 0 aliphatic heterocycles. The molecule has 0 bridgehead atoms. The van der Waals surface area contributed by atoms with Crippen LogP contribution in [0.4, 0.5) is 0 Å². The standard InChI is InChI=1S/C13H15NO3/c1-3-11(13(16)17-9(2)15)12(14)10-7-5-4-6-8-10/h4-8,11,14H,3H2,1-2H3. The third kappa shape index (κ3) is 3.52. The number of esters is 2. The first-order valence-electron chi connectivity index (χ1n) is 5.42. The quantitative estimate of drug-likeness (QED) is 0.492. The minimum atomic E-state index is -0.693. The molecule has 0 heterocycles. The Labute approximate surface area is 100 Å². The molecular formula is C13H15NO3. The maximum atomic E-state index is 11.6. The van der Waals surface area contributed by atoms with E-state index in [0.29, 0.717) is 12.0 Å². The first kappa shape index (κ1) is 13.1. The number of hydrogen-bond donors (Lipinski definition) is 1. The van der Waals surface area contributed by atoms with Crippen LogP contribution in [0.1, 0.15) is 25.8 Å². The summed E-state index contributed by atoms with van der Waals surface area (Å²) in [5.74, 6) is -2.00. The Balaban J connectivity index is 2.85. The summed E-state index contributed by atoms with van der Waals surface area (Å²) in [6, 6.07) is 8.95. The van der Waals surface area contributed by atoms with Crippen molar-refractivity contribution in [2.24, 2.45) is 5.92 Å². The fraction of sp³-hybridized carbons (Fsp3) is 0.308. The maximum Gasteiger partial charge on any atom is 0.322 e. The van der Waals surface area contributed by atoms with Gasteiger partial charge in [0.25, 0.3) is 0 Å². The molecule has 0 amide bonds. The van der Waals surface area contributed by atoms with Crippen LogP contribution in [-0.4, -0.2) is 17.7 Å². The van der Waals surface area contributed by atoms with Crippen LogP contribution in [0.25, 0.3) is 0 Å². The summed E-state index contributed by atoms with van der Waals surface area (Å²) in [7, 11) is 0. The highest BCUT2D eigenvalue weighted by molar-refractivity contribution is 6.11. The van der Waals surface area contributed by atoms with E-state index in [9.17, 15) is 9.59 Å². The number of rotatable bonds is 4. The first-order chi connectivity index (χ1) is 8.06. The van der Waals surface area contributed by atoms with Gasteiger partial charge in [-0.15, -0.1) is 0 Å². The van der Waals surface area contributed by atoms with Crippen molar-refractivity contribution in [3.05, 3.63) is 35.9 Å². The van der Waals surface area contributed by atoms with Crippen molar-refractivity contribution < 1.29 is 14.3 Å². The fourth-order valence-electron chi connectivity index (χ4n) is 1.52. The predicted molar refractivity (Wildman–Crippen MR) is 63.8 cm³/mol. The van der Waals surface area contributed by atoms with Gasteiger partial charge in [0, 0.05) is 6.92 Å². The van der Waals surface area contributed by atoms with E-state index in [0.717, 1.165) is 0 Å². The van der Waals surface area contributed by atoms with Crippen LogP contribution >= 0.6 is 0 Å². The lowest BCUT2D eigenvalue weighted by atomic mass is 9.94. The second-order valence-corrected chi connectivity index (χ2v) is 3.65. The van der Waals surface area contributed by atoms with E-state index < -0.39 is 17.9 Å². The maximum absolute atomic E-state index is 11.6. The second kappa shape index (κ2) is 5.94. The summed E-state index contributed by atoms with van der Waals surface area (Å²) in [5.41, 5.74) is 0.846. The molecule has 4 nitrogen and oxygen atoms in total. The van der Waals surface area contributed by atoms with E-state index in [2.05, 4.69) is 4.74 Å². The van der Waals surface area contributed by atoms with Crippen LogP contribution in [0.3, 0.4) is 0 Å². The van der Waals surface area contributed by atoms with Gasteiger partial charge in [-0.05, 0) is 12.0 Å². The van der Waals surface area contributed by atoms with E-state index in [1.807, 2.05) is 6.07 Å². The minimum absolute atomic E-state index is 0.180. The molecule has 0 spiro atoms. The van der Waals surface area contributed by atoms with Crippen molar-refractivity contribution in [2.45, 2.75) is 20.3 Å². The molecule has 0 saturated carbocycles. The van der Waals surface area contributed by atoms with Gasteiger partial charge in [-0.3, -0.25) is 9.59 Å². The van der Waals surface area contributed by atoms with Crippen molar-refractivity contribution in [3.8, 4) is 0 Å². The third-order valence-corrected chi connectivity index (χ3v) is 2.37. The van der Waals surface area contributed by atoms with Crippen molar-refractivity contribution in [1.82, 2.24) is 0 Å². The Morgan fingerprint density at radius 1 is 1.29 bits per heavy atom. The van der Waals surface area contributed by atoms with Crippen LogP contribution in [0, 0.1) is 11.3 Å². The molecule has 1 unspecified atom stereocenters. The Hall–Kier alpha value is -1.97. The summed E-state index contributed by atoms with van der Waals surface area (Å²) in [6.45, 7) is 2.96. The topological polar surface area (TPSA) is 67.2 Å². The molecule has 0 aromatic heterocycles. The van der Waals surface area contributed by atoms with E-state index in [-0.39, 0.29) is 5.71 Å². The molecular weight excluding hydrogens is 218 g/mol. The van der Waals surface area contributed by atoms with Crippen LogP contribution in [0.5, 0.6) is 0 Å². The lowest BCUT2D eigenvalue weighted by Gasteiger charge is -2.14. The third-order valence-electron chi connectivity index (χ3n) is 2.37. The summed E-state index contributed by atoms with van der Waals surface area (Å²) in [4.78, 5) is 22.3. The molecule has 0 fully saturated rings. The molecule has 17 heavy (non-hydrogen) atoms. The monoisotopic (exact) mass is 233 g/mol. The highest BCUT2D eigenvalue weighted by Crippen LogP contribution is 2.14. The van der Waals surface area contributed by atoms with Gasteiger partial charge in [0.05, 0.1) is 11.6 Å². The zero-order valence-corrected chi connectivity index (χ0v) is 9.90. The zero-order chi connectivity index (χ0) is 12.8. The fourth-order valence-corrected chi connectivity index (χ4v) is 1.52. The van der Waals surface area contributed by atoms with Crippen LogP contribution < -0.4 is 0 Å². The molecule has 1 atom stereocenters. The van der Waals surface area contributed by atoms with E-state index in [1.165, 1.54) is 6.92 Å². The second-order valence-electron chi connectivity index (χ2n) is 3.65. The summed E-state index contributed by atoms with van der Waals surface area (Å²) < 4.78 is 4.53. The van der Waals surface area contributed by atoms with Crippen LogP contribution in [0.15, 0.2) is 30.3 Å². The number of nitrogens with one attached hydrogen (secondary N) is 1. The number of benzene rings is 1. The average Bonchev–Trinajstić information content (AvgIpc) is 2.30. The van der Waals surface area contributed by atoms with Gasteiger partial charge in [0.1, 0.15) is 0 Å². The predicted octanol–water partition coefficient (Wildman–Crippen LogP) is 2.17. The summed E-state index contributed by atoms with van der Waals surface area (Å²) >= 11 is 0. The Kier molecular flexibility index (Phi) is 4.57. The number of hydrogen-bond acceptors (Lipinski definition) is 4. The zero-order valence-electron chi connectivity index (χ0n) is 9.90. The van der Waals surface area contributed by atoms with Crippen molar-refractivity contribution in [2.75, 3.05) is 0 Å². The molecule has 0 aliphatic carbocycles. The molecule has 0 aliphatic rings. The Morgan fingerprint density at radius 3 is 2.35 bits per heavy atom.